The fraction of sp³-hybridized carbons (Fsp3) is 0.387. The van der Waals surface area contributed by atoms with Gasteiger partial charge in [-0.1, -0.05) is 36.4 Å². The molecule has 0 aliphatic carbocycles. The van der Waals surface area contributed by atoms with E-state index in [0.29, 0.717) is 19.4 Å². The number of benzene rings is 2. The van der Waals surface area contributed by atoms with Crippen LogP contribution in [0.2, 0.25) is 0 Å². The summed E-state index contributed by atoms with van der Waals surface area (Å²) in [5.74, 6) is 0.464. The number of piperidine rings is 1. The van der Waals surface area contributed by atoms with Crippen LogP contribution >= 0.6 is 0 Å². The van der Waals surface area contributed by atoms with E-state index in [9.17, 15) is 9.59 Å². The third-order valence-corrected chi connectivity index (χ3v) is 7.82. The molecule has 3 heterocycles. The molecular formula is C31H36N4O2. The lowest BCUT2D eigenvalue weighted by atomic mass is 9.74. The Hall–Kier alpha value is -3.51. The third-order valence-electron chi connectivity index (χ3n) is 7.82. The molecule has 1 spiro atoms. The van der Waals surface area contributed by atoms with Crippen LogP contribution in [0.15, 0.2) is 73.1 Å². The highest BCUT2D eigenvalue weighted by atomic mass is 16.2. The Bertz CT molecular complexity index is 1230. The molecular weight excluding hydrogens is 460 g/mol. The third kappa shape index (κ3) is 5.59. The number of Topliss-reactive ketones (excluding diaryl/α,β-unsaturated/α-hetero) is 1. The molecule has 0 atom stereocenters. The number of carbonyl (C=O) groups excluding carboxylic acids is 2. The Balaban J connectivity index is 1.24. The number of pyridine rings is 1. The Morgan fingerprint density at radius 1 is 0.946 bits per heavy atom. The Labute approximate surface area is 219 Å². The normalized spacial score (nSPS) is 16.3. The maximum atomic E-state index is 12.6. The molecule has 0 N–H and O–H groups in total. The molecule has 0 saturated carbocycles. The van der Waals surface area contributed by atoms with Gasteiger partial charge in [-0.05, 0) is 74.3 Å². The SMILES string of the molecule is CN(C)CC(=O)N1CCC2(CC1)CN(c1ccc(CC(=O)CCc3cccnc3)cc1)c1ccccc12. The molecule has 5 rings (SSSR count). The molecule has 6 heteroatoms. The quantitative estimate of drug-likeness (QED) is 0.463. The van der Waals surface area contributed by atoms with E-state index in [-0.39, 0.29) is 17.1 Å². The molecule has 1 amide bonds. The van der Waals surface area contributed by atoms with Crippen molar-refractivity contribution in [3.05, 3.63) is 89.7 Å². The predicted octanol–water partition coefficient (Wildman–Crippen LogP) is 4.40. The van der Waals surface area contributed by atoms with Crippen molar-refractivity contribution in [3.8, 4) is 0 Å². The van der Waals surface area contributed by atoms with Crippen LogP contribution in [0.3, 0.4) is 0 Å². The number of aromatic nitrogens is 1. The highest BCUT2D eigenvalue weighted by molar-refractivity contribution is 5.81. The van der Waals surface area contributed by atoms with Gasteiger partial charge >= 0.3 is 0 Å². The molecule has 3 aromatic rings. The summed E-state index contributed by atoms with van der Waals surface area (Å²) in [5.41, 5.74) is 6.02. The Morgan fingerprint density at radius 3 is 2.41 bits per heavy atom. The first-order chi connectivity index (χ1) is 17.9. The van der Waals surface area contributed by atoms with Gasteiger partial charge in [0.15, 0.2) is 0 Å². The van der Waals surface area contributed by atoms with Crippen molar-refractivity contribution >= 4 is 23.1 Å². The molecule has 1 aromatic heterocycles. The second kappa shape index (κ2) is 10.9. The van der Waals surface area contributed by atoms with Gasteiger partial charge in [0.2, 0.25) is 5.91 Å². The molecule has 1 fully saturated rings. The van der Waals surface area contributed by atoms with Gasteiger partial charge < -0.3 is 14.7 Å². The molecule has 0 unspecified atom stereocenters. The maximum Gasteiger partial charge on any atom is 0.236 e. The molecule has 2 aliphatic rings. The number of hydrogen-bond acceptors (Lipinski definition) is 5. The summed E-state index contributed by atoms with van der Waals surface area (Å²) < 4.78 is 0. The minimum atomic E-state index is 0.0619. The van der Waals surface area contributed by atoms with Gasteiger partial charge in [-0.25, -0.2) is 0 Å². The Morgan fingerprint density at radius 2 is 1.70 bits per heavy atom. The monoisotopic (exact) mass is 496 g/mol. The van der Waals surface area contributed by atoms with E-state index in [1.54, 1.807) is 6.20 Å². The van der Waals surface area contributed by atoms with E-state index < -0.39 is 0 Å². The first-order valence-corrected chi connectivity index (χ1v) is 13.2. The Kier molecular flexibility index (Phi) is 7.38. The van der Waals surface area contributed by atoms with Crippen molar-refractivity contribution in [2.45, 2.75) is 37.5 Å². The highest BCUT2D eigenvalue weighted by Crippen LogP contribution is 2.49. The smallest absolute Gasteiger partial charge is 0.236 e. The summed E-state index contributed by atoms with van der Waals surface area (Å²) in [6.07, 6.45) is 7.25. The summed E-state index contributed by atoms with van der Waals surface area (Å²) in [5, 5.41) is 0. The number of amides is 1. The van der Waals surface area contributed by atoms with E-state index in [0.717, 1.165) is 55.7 Å². The van der Waals surface area contributed by atoms with Crippen molar-refractivity contribution in [3.63, 3.8) is 0 Å². The van der Waals surface area contributed by atoms with Crippen LogP contribution in [-0.2, 0) is 27.8 Å². The first-order valence-electron chi connectivity index (χ1n) is 13.2. The van der Waals surface area contributed by atoms with Gasteiger partial charge in [0.25, 0.3) is 0 Å². The minimum Gasteiger partial charge on any atom is -0.342 e. The summed E-state index contributed by atoms with van der Waals surface area (Å²) in [6, 6.07) is 21.1. The second-order valence-corrected chi connectivity index (χ2v) is 10.7. The zero-order valence-electron chi connectivity index (χ0n) is 21.9. The van der Waals surface area contributed by atoms with E-state index in [4.69, 9.17) is 0 Å². The van der Waals surface area contributed by atoms with Crippen LogP contribution in [0, 0.1) is 0 Å². The minimum absolute atomic E-state index is 0.0619. The molecule has 1 saturated heterocycles. The van der Waals surface area contributed by atoms with Gasteiger partial charge in [-0.3, -0.25) is 14.6 Å². The average molecular weight is 497 g/mol. The van der Waals surface area contributed by atoms with Gasteiger partial charge in [0.1, 0.15) is 5.78 Å². The topological polar surface area (TPSA) is 56.8 Å². The zero-order chi connectivity index (χ0) is 25.8. The van der Waals surface area contributed by atoms with Crippen molar-refractivity contribution in [2.24, 2.45) is 0 Å². The highest BCUT2D eigenvalue weighted by Gasteiger charge is 2.45. The molecule has 0 radical (unpaired) electrons. The van der Waals surface area contributed by atoms with Crippen molar-refractivity contribution in [2.75, 3.05) is 45.2 Å². The number of rotatable bonds is 8. The number of para-hydroxylation sites is 1. The lowest BCUT2D eigenvalue weighted by molar-refractivity contribution is -0.133. The van der Waals surface area contributed by atoms with Crippen LogP contribution in [0.4, 0.5) is 11.4 Å². The summed E-state index contributed by atoms with van der Waals surface area (Å²) in [6.45, 7) is 2.99. The van der Waals surface area contributed by atoms with Crippen LogP contribution in [0.25, 0.3) is 0 Å². The van der Waals surface area contributed by atoms with Gasteiger partial charge in [-0.15, -0.1) is 0 Å². The van der Waals surface area contributed by atoms with Crippen molar-refractivity contribution < 1.29 is 9.59 Å². The van der Waals surface area contributed by atoms with E-state index >= 15 is 0 Å². The molecule has 6 nitrogen and oxygen atoms in total. The number of likely N-dealkylation sites (N-methyl/N-ethyl adjacent to an activating group) is 1. The van der Waals surface area contributed by atoms with Gasteiger partial charge in [-0.2, -0.15) is 0 Å². The van der Waals surface area contributed by atoms with E-state index in [1.165, 1.54) is 11.3 Å². The number of aryl methyl sites for hydroxylation is 1. The molecule has 192 valence electrons. The van der Waals surface area contributed by atoms with Crippen LogP contribution in [-0.4, -0.2) is 66.7 Å². The molecule has 2 aliphatic heterocycles. The lowest BCUT2D eigenvalue weighted by Crippen LogP contribution is -2.48. The standard InChI is InChI=1S/C31H36N4O2/c1-33(2)22-30(37)34-18-15-31(16-19-34)23-35(29-8-4-3-7-28(29)31)26-12-9-24(10-13-26)20-27(36)14-11-25-6-5-17-32-21-25/h3-10,12-13,17,21H,11,14-16,18-20,22-23H2,1-2H3. The predicted molar refractivity (Wildman–Crippen MR) is 147 cm³/mol. The first kappa shape index (κ1) is 25.2. The zero-order valence-corrected chi connectivity index (χ0v) is 21.9. The number of carbonyl (C=O) groups is 2. The lowest BCUT2D eigenvalue weighted by Gasteiger charge is -2.40. The summed E-state index contributed by atoms with van der Waals surface area (Å²) in [7, 11) is 3.89. The summed E-state index contributed by atoms with van der Waals surface area (Å²) >= 11 is 0. The summed E-state index contributed by atoms with van der Waals surface area (Å²) in [4.78, 5) is 35.7. The fourth-order valence-corrected chi connectivity index (χ4v) is 5.78. The number of ketones is 1. The number of likely N-dealkylation sites (tertiary alicyclic amines) is 1. The maximum absolute atomic E-state index is 12.6. The molecule has 37 heavy (non-hydrogen) atoms. The van der Waals surface area contributed by atoms with Crippen LogP contribution < -0.4 is 4.90 Å². The van der Waals surface area contributed by atoms with Crippen molar-refractivity contribution in [1.29, 1.82) is 0 Å². The van der Waals surface area contributed by atoms with Crippen LogP contribution in [0.1, 0.15) is 36.0 Å². The number of fused-ring (bicyclic) bond motifs is 2. The van der Waals surface area contributed by atoms with Crippen molar-refractivity contribution in [1.82, 2.24) is 14.8 Å². The van der Waals surface area contributed by atoms with E-state index in [1.807, 2.05) is 42.2 Å². The number of anilines is 2. The second-order valence-electron chi connectivity index (χ2n) is 10.7. The molecule has 2 aromatic carbocycles. The number of hydrogen-bond donors (Lipinski definition) is 0. The van der Waals surface area contributed by atoms with E-state index in [2.05, 4.69) is 58.4 Å². The average Bonchev–Trinajstić information content (AvgIpc) is 3.22. The number of nitrogens with zero attached hydrogens (tertiary/aromatic N) is 4. The largest absolute Gasteiger partial charge is 0.342 e. The van der Waals surface area contributed by atoms with Crippen LogP contribution in [0.5, 0.6) is 0 Å². The fourth-order valence-electron chi connectivity index (χ4n) is 5.78. The van der Waals surface area contributed by atoms with Gasteiger partial charge in [0, 0.05) is 61.7 Å². The molecule has 0 bridgehead atoms. The van der Waals surface area contributed by atoms with Gasteiger partial charge in [0.05, 0.1) is 6.54 Å².